The van der Waals surface area contributed by atoms with Crippen molar-refractivity contribution in [1.82, 2.24) is 4.57 Å². The summed E-state index contributed by atoms with van der Waals surface area (Å²) in [5, 5.41) is 1.07. The molecule has 1 heterocycles. The first-order valence-electron chi connectivity index (χ1n) is 4.02. The number of hydrogen-bond donors (Lipinski definition) is 1. The molecule has 0 aliphatic rings. The summed E-state index contributed by atoms with van der Waals surface area (Å²) < 4.78 is 1.64. The minimum atomic E-state index is -0.00583. The van der Waals surface area contributed by atoms with E-state index in [-0.39, 0.29) is 5.56 Å². The number of pyridine rings is 1. The third-order valence-electron chi connectivity index (χ3n) is 2.04. The second kappa shape index (κ2) is 3.26. The fraction of sp³-hybridized carbons (Fsp3) is 0.100. The average Bonchev–Trinajstić information content (AvgIpc) is 2.18. The number of hydrogen-bond acceptors (Lipinski definition) is 2. The predicted molar refractivity (Wildman–Crippen MR) is 57.2 cm³/mol. The highest BCUT2D eigenvalue weighted by molar-refractivity contribution is 7.79. The lowest BCUT2D eigenvalue weighted by atomic mass is 10.2. The Hall–Kier alpha value is -1.22. The van der Waals surface area contributed by atoms with E-state index in [1.54, 1.807) is 10.6 Å². The zero-order valence-corrected chi connectivity index (χ0v) is 7.87. The molecule has 0 N–H and O–H groups in total. The van der Waals surface area contributed by atoms with Gasteiger partial charge in [-0.25, -0.2) is 0 Å². The first-order valence-corrected chi connectivity index (χ1v) is 4.65. The number of rotatable bonds is 1. The van der Waals surface area contributed by atoms with Crippen LogP contribution in [0.25, 0.3) is 10.9 Å². The van der Waals surface area contributed by atoms with Crippen LogP contribution >= 0.6 is 12.6 Å². The molecule has 0 atom stereocenters. The van der Waals surface area contributed by atoms with Gasteiger partial charge in [-0.05, 0) is 17.5 Å². The van der Waals surface area contributed by atoms with Gasteiger partial charge in [-0.2, -0.15) is 12.6 Å². The molecule has 3 heteroatoms. The van der Waals surface area contributed by atoms with E-state index >= 15 is 0 Å². The second-order valence-electron chi connectivity index (χ2n) is 2.80. The van der Waals surface area contributed by atoms with Gasteiger partial charge < -0.3 is 0 Å². The average molecular weight is 191 g/mol. The Morgan fingerprint density at radius 3 is 2.69 bits per heavy atom. The van der Waals surface area contributed by atoms with Gasteiger partial charge in [-0.3, -0.25) is 9.36 Å². The van der Waals surface area contributed by atoms with Crippen molar-refractivity contribution < 1.29 is 0 Å². The van der Waals surface area contributed by atoms with Crippen molar-refractivity contribution >= 4 is 23.5 Å². The maximum absolute atomic E-state index is 11.4. The van der Waals surface area contributed by atoms with E-state index in [9.17, 15) is 4.79 Å². The van der Waals surface area contributed by atoms with Crippen LogP contribution < -0.4 is 5.56 Å². The molecule has 0 amide bonds. The molecule has 2 aromatic rings. The minimum Gasteiger partial charge on any atom is -0.299 e. The molecule has 0 spiro atoms. The largest absolute Gasteiger partial charge is 0.299 e. The molecule has 0 saturated carbocycles. The fourth-order valence-electron chi connectivity index (χ4n) is 1.39. The predicted octanol–water partition coefficient (Wildman–Crippen LogP) is 1.89. The standard InChI is InChI=1S/C10H9NOS/c12-10-6-5-8-3-1-2-4-9(8)11(10)7-13/h1-6,13H,7H2. The van der Waals surface area contributed by atoms with Crippen LogP contribution in [-0.2, 0) is 5.88 Å². The van der Waals surface area contributed by atoms with Crippen LogP contribution in [0, 0.1) is 0 Å². The van der Waals surface area contributed by atoms with Gasteiger partial charge in [-0.15, -0.1) is 0 Å². The van der Waals surface area contributed by atoms with E-state index < -0.39 is 0 Å². The Morgan fingerprint density at radius 2 is 1.92 bits per heavy atom. The highest BCUT2D eigenvalue weighted by Crippen LogP contribution is 2.10. The molecule has 0 saturated heterocycles. The topological polar surface area (TPSA) is 22.0 Å². The van der Waals surface area contributed by atoms with Crippen LogP contribution in [0.3, 0.4) is 0 Å². The molecular weight excluding hydrogens is 182 g/mol. The van der Waals surface area contributed by atoms with Gasteiger partial charge >= 0.3 is 0 Å². The first-order chi connectivity index (χ1) is 6.33. The Balaban J connectivity index is 2.92. The summed E-state index contributed by atoms with van der Waals surface area (Å²) >= 11 is 4.12. The van der Waals surface area contributed by atoms with Crippen molar-refractivity contribution in [2.45, 2.75) is 5.88 Å². The zero-order valence-electron chi connectivity index (χ0n) is 6.97. The lowest BCUT2D eigenvalue weighted by Gasteiger charge is -2.05. The van der Waals surface area contributed by atoms with Gasteiger partial charge in [0.2, 0.25) is 0 Å². The van der Waals surface area contributed by atoms with Crippen LogP contribution in [0.15, 0.2) is 41.2 Å². The molecule has 0 bridgehead atoms. The van der Waals surface area contributed by atoms with E-state index in [2.05, 4.69) is 12.6 Å². The van der Waals surface area contributed by atoms with Gasteiger partial charge in [0, 0.05) is 6.07 Å². The molecular formula is C10H9NOS. The number of nitrogens with zero attached hydrogens (tertiary/aromatic N) is 1. The summed E-state index contributed by atoms with van der Waals surface area (Å²) in [6.45, 7) is 0. The lowest BCUT2D eigenvalue weighted by Crippen LogP contribution is -2.16. The van der Waals surface area contributed by atoms with Gasteiger partial charge in [0.1, 0.15) is 0 Å². The highest BCUT2D eigenvalue weighted by Gasteiger charge is 1.98. The molecule has 0 radical (unpaired) electrons. The Morgan fingerprint density at radius 1 is 1.15 bits per heavy atom. The van der Waals surface area contributed by atoms with Crippen LogP contribution in [0.4, 0.5) is 0 Å². The quantitative estimate of drug-likeness (QED) is 0.683. The maximum Gasteiger partial charge on any atom is 0.251 e. The van der Waals surface area contributed by atoms with E-state index in [4.69, 9.17) is 0 Å². The van der Waals surface area contributed by atoms with Crippen LogP contribution in [-0.4, -0.2) is 4.57 Å². The summed E-state index contributed by atoms with van der Waals surface area (Å²) in [7, 11) is 0. The molecule has 13 heavy (non-hydrogen) atoms. The van der Waals surface area contributed by atoms with Crippen molar-refractivity contribution in [3.8, 4) is 0 Å². The van der Waals surface area contributed by atoms with E-state index in [1.807, 2.05) is 30.3 Å². The molecule has 1 aromatic carbocycles. The van der Waals surface area contributed by atoms with Gasteiger partial charge in [0.05, 0.1) is 11.4 Å². The Labute approximate surface area is 81.2 Å². The summed E-state index contributed by atoms with van der Waals surface area (Å²) in [6.07, 6.45) is 0. The summed E-state index contributed by atoms with van der Waals surface area (Å²) in [5.74, 6) is 0.417. The van der Waals surface area contributed by atoms with E-state index in [0.717, 1.165) is 10.9 Å². The van der Waals surface area contributed by atoms with Gasteiger partial charge in [0.15, 0.2) is 0 Å². The first kappa shape index (κ1) is 8.38. The van der Waals surface area contributed by atoms with Crippen molar-refractivity contribution in [2.75, 3.05) is 0 Å². The van der Waals surface area contributed by atoms with Crippen LogP contribution in [0.5, 0.6) is 0 Å². The SMILES string of the molecule is O=c1ccc2ccccc2n1CS. The number of fused-ring (bicyclic) bond motifs is 1. The van der Waals surface area contributed by atoms with Gasteiger partial charge in [0.25, 0.3) is 5.56 Å². The molecule has 1 aromatic heterocycles. The molecule has 66 valence electrons. The monoisotopic (exact) mass is 191 g/mol. The summed E-state index contributed by atoms with van der Waals surface area (Å²) in [5.41, 5.74) is 0.929. The normalized spacial score (nSPS) is 10.5. The molecule has 2 rings (SSSR count). The molecule has 2 nitrogen and oxygen atoms in total. The Bertz CT molecular complexity index is 489. The Kier molecular flexibility index (Phi) is 2.10. The zero-order chi connectivity index (χ0) is 9.26. The summed E-state index contributed by atoms with van der Waals surface area (Å²) in [6, 6.07) is 11.2. The highest BCUT2D eigenvalue weighted by atomic mass is 32.1. The van der Waals surface area contributed by atoms with Crippen LogP contribution in [0.2, 0.25) is 0 Å². The molecule has 0 aliphatic carbocycles. The third-order valence-corrected chi connectivity index (χ3v) is 2.32. The van der Waals surface area contributed by atoms with E-state index in [1.165, 1.54) is 0 Å². The fourth-order valence-corrected chi connectivity index (χ4v) is 1.68. The second-order valence-corrected chi connectivity index (χ2v) is 3.08. The maximum atomic E-state index is 11.4. The summed E-state index contributed by atoms with van der Waals surface area (Å²) in [4.78, 5) is 11.4. The number of para-hydroxylation sites is 1. The number of thiol groups is 1. The minimum absolute atomic E-state index is 0.00583. The van der Waals surface area contributed by atoms with Crippen LogP contribution in [0.1, 0.15) is 0 Å². The number of benzene rings is 1. The van der Waals surface area contributed by atoms with Crippen molar-refractivity contribution in [3.63, 3.8) is 0 Å². The van der Waals surface area contributed by atoms with Gasteiger partial charge in [-0.1, -0.05) is 18.2 Å². The molecule has 0 fully saturated rings. The molecule has 0 unspecified atom stereocenters. The smallest absolute Gasteiger partial charge is 0.251 e. The lowest BCUT2D eigenvalue weighted by molar-refractivity contribution is 0.888. The third kappa shape index (κ3) is 1.35. The number of aromatic nitrogens is 1. The van der Waals surface area contributed by atoms with E-state index in [0.29, 0.717) is 5.88 Å². The molecule has 0 aliphatic heterocycles. The van der Waals surface area contributed by atoms with Crippen molar-refractivity contribution in [1.29, 1.82) is 0 Å². The van der Waals surface area contributed by atoms with Crippen molar-refractivity contribution in [3.05, 3.63) is 46.8 Å². The van der Waals surface area contributed by atoms with Crippen molar-refractivity contribution in [2.24, 2.45) is 0 Å².